The number of hydrogen-bond acceptors (Lipinski definition) is 3. The molecule has 1 aliphatic heterocycles. The van der Waals surface area contributed by atoms with Crippen LogP contribution in [0.15, 0.2) is 0 Å². The fourth-order valence-corrected chi connectivity index (χ4v) is 2.85. The van der Waals surface area contributed by atoms with Gasteiger partial charge in [-0.2, -0.15) is 0 Å². The van der Waals surface area contributed by atoms with Crippen LogP contribution in [0.1, 0.15) is 39.0 Å². The fourth-order valence-electron chi connectivity index (χ4n) is 2.85. The van der Waals surface area contributed by atoms with Crippen LogP contribution in [0.4, 0.5) is 0 Å². The van der Waals surface area contributed by atoms with E-state index in [9.17, 15) is 0 Å². The van der Waals surface area contributed by atoms with E-state index >= 15 is 0 Å². The van der Waals surface area contributed by atoms with E-state index in [1.807, 2.05) is 0 Å². The van der Waals surface area contributed by atoms with E-state index in [4.69, 9.17) is 4.74 Å². The minimum absolute atomic E-state index is 0.539. The molecule has 1 heterocycles. The van der Waals surface area contributed by atoms with Crippen molar-refractivity contribution in [1.82, 2.24) is 10.2 Å². The van der Waals surface area contributed by atoms with Crippen LogP contribution in [-0.2, 0) is 4.74 Å². The van der Waals surface area contributed by atoms with E-state index in [1.165, 1.54) is 45.2 Å². The molecule has 1 atom stereocenters. The van der Waals surface area contributed by atoms with Gasteiger partial charge in [-0.05, 0) is 46.2 Å². The minimum Gasteiger partial charge on any atom is -0.378 e. The number of rotatable bonds is 5. The second-order valence-electron chi connectivity index (χ2n) is 5.29. The summed E-state index contributed by atoms with van der Waals surface area (Å²) in [6.45, 7) is 5.38. The van der Waals surface area contributed by atoms with Gasteiger partial charge in [-0.1, -0.05) is 6.42 Å². The molecule has 16 heavy (non-hydrogen) atoms. The second-order valence-corrected chi connectivity index (χ2v) is 5.29. The molecule has 2 rings (SSSR count). The van der Waals surface area contributed by atoms with Crippen LogP contribution in [0.2, 0.25) is 0 Å². The first-order valence-corrected chi connectivity index (χ1v) is 6.84. The average Bonchev–Trinajstić information content (AvgIpc) is 2.24. The van der Waals surface area contributed by atoms with Crippen molar-refractivity contribution in [3.8, 4) is 0 Å². The lowest BCUT2D eigenvalue weighted by Gasteiger charge is -2.42. The summed E-state index contributed by atoms with van der Waals surface area (Å²) in [5.74, 6) is 0. The van der Waals surface area contributed by atoms with Gasteiger partial charge in [-0.3, -0.25) is 0 Å². The van der Waals surface area contributed by atoms with Gasteiger partial charge in [0.1, 0.15) is 0 Å². The molecule has 0 radical (unpaired) electrons. The number of hydrogen-bond donors (Lipinski definition) is 1. The maximum Gasteiger partial charge on any atom is 0.0604 e. The molecule has 3 heteroatoms. The molecule has 2 aliphatic rings. The molecule has 0 bridgehead atoms. The van der Waals surface area contributed by atoms with Crippen LogP contribution < -0.4 is 5.32 Å². The first kappa shape index (κ1) is 12.3. The molecule has 94 valence electrons. The molecular formula is C13H26N2O. The normalized spacial score (nSPS) is 35.1. The Morgan fingerprint density at radius 2 is 2.12 bits per heavy atom. The topological polar surface area (TPSA) is 24.5 Å². The Balaban J connectivity index is 1.63. The van der Waals surface area contributed by atoms with Gasteiger partial charge in [-0.15, -0.1) is 0 Å². The van der Waals surface area contributed by atoms with E-state index in [0.717, 1.165) is 18.7 Å². The van der Waals surface area contributed by atoms with Crippen LogP contribution in [0.25, 0.3) is 0 Å². The van der Waals surface area contributed by atoms with Gasteiger partial charge in [0.2, 0.25) is 0 Å². The van der Waals surface area contributed by atoms with Gasteiger partial charge in [0.25, 0.3) is 0 Å². The SMILES string of the molecule is CCOC1CC(N(C)CC2CCCCN2)C1. The molecule has 0 aromatic heterocycles. The first-order valence-electron chi connectivity index (χ1n) is 6.84. The zero-order valence-corrected chi connectivity index (χ0v) is 10.7. The lowest BCUT2D eigenvalue weighted by atomic mass is 9.87. The van der Waals surface area contributed by atoms with Crippen molar-refractivity contribution in [3.63, 3.8) is 0 Å². The first-order chi connectivity index (χ1) is 7.79. The van der Waals surface area contributed by atoms with Gasteiger partial charge in [0.15, 0.2) is 0 Å². The highest BCUT2D eigenvalue weighted by molar-refractivity contribution is 4.88. The average molecular weight is 226 g/mol. The summed E-state index contributed by atoms with van der Waals surface area (Å²) in [7, 11) is 2.27. The summed E-state index contributed by atoms with van der Waals surface area (Å²) >= 11 is 0. The van der Waals surface area contributed by atoms with E-state index in [1.54, 1.807) is 0 Å². The van der Waals surface area contributed by atoms with Gasteiger partial charge in [-0.25, -0.2) is 0 Å². The summed E-state index contributed by atoms with van der Waals surface area (Å²) in [6, 6.07) is 1.49. The maximum atomic E-state index is 5.61. The summed E-state index contributed by atoms with van der Waals surface area (Å²) in [4.78, 5) is 2.53. The molecule has 0 aromatic carbocycles. The third-order valence-electron chi connectivity index (χ3n) is 4.02. The van der Waals surface area contributed by atoms with Gasteiger partial charge in [0.05, 0.1) is 6.10 Å². The molecule has 1 N–H and O–H groups in total. The molecule has 0 aromatic rings. The molecule has 1 unspecified atom stereocenters. The number of likely N-dealkylation sites (N-methyl/N-ethyl adjacent to an activating group) is 1. The number of piperidine rings is 1. The van der Waals surface area contributed by atoms with Crippen molar-refractivity contribution in [2.45, 2.75) is 57.2 Å². The van der Waals surface area contributed by atoms with Crippen molar-refractivity contribution in [3.05, 3.63) is 0 Å². The highest BCUT2D eigenvalue weighted by Crippen LogP contribution is 2.27. The van der Waals surface area contributed by atoms with E-state index < -0.39 is 0 Å². The number of nitrogens with zero attached hydrogens (tertiary/aromatic N) is 1. The predicted molar refractivity (Wildman–Crippen MR) is 66.7 cm³/mol. The molecule has 3 nitrogen and oxygen atoms in total. The monoisotopic (exact) mass is 226 g/mol. The van der Waals surface area contributed by atoms with Crippen LogP contribution in [0, 0.1) is 0 Å². The van der Waals surface area contributed by atoms with Crippen molar-refractivity contribution in [2.24, 2.45) is 0 Å². The number of ether oxygens (including phenoxy) is 1. The molecule has 1 aliphatic carbocycles. The van der Waals surface area contributed by atoms with E-state index in [2.05, 4.69) is 24.2 Å². The summed E-state index contributed by atoms with van der Waals surface area (Å²) in [5, 5.41) is 3.62. The molecule has 0 amide bonds. The van der Waals surface area contributed by atoms with Crippen molar-refractivity contribution >= 4 is 0 Å². The van der Waals surface area contributed by atoms with Crippen LogP contribution >= 0.6 is 0 Å². The van der Waals surface area contributed by atoms with Crippen molar-refractivity contribution < 1.29 is 4.74 Å². The Bertz CT molecular complexity index is 198. The second kappa shape index (κ2) is 5.99. The Labute approximate surface area is 99.5 Å². The molecule has 0 spiro atoms. The minimum atomic E-state index is 0.539. The van der Waals surface area contributed by atoms with Crippen molar-refractivity contribution in [1.29, 1.82) is 0 Å². The lowest BCUT2D eigenvalue weighted by Crippen LogP contribution is -2.51. The summed E-state index contributed by atoms with van der Waals surface area (Å²) in [6.07, 6.45) is 7.12. The Kier molecular flexibility index (Phi) is 4.62. The molecular weight excluding hydrogens is 200 g/mol. The number of nitrogens with one attached hydrogen (secondary N) is 1. The van der Waals surface area contributed by atoms with E-state index in [-0.39, 0.29) is 0 Å². The fraction of sp³-hybridized carbons (Fsp3) is 1.00. The quantitative estimate of drug-likeness (QED) is 0.771. The Morgan fingerprint density at radius 3 is 2.75 bits per heavy atom. The van der Waals surface area contributed by atoms with Crippen LogP contribution in [0.3, 0.4) is 0 Å². The van der Waals surface area contributed by atoms with E-state index in [0.29, 0.717) is 6.10 Å². The maximum absolute atomic E-state index is 5.61. The Hall–Kier alpha value is -0.120. The summed E-state index contributed by atoms with van der Waals surface area (Å²) in [5.41, 5.74) is 0. The van der Waals surface area contributed by atoms with Crippen LogP contribution in [0.5, 0.6) is 0 Å². The third kappa shape index (κ3) is 3.19. The van der Waals surface area contributed by atoms with Crippen molar-refractivity contribution in [2.75, 3.05) is 26.7 Å². The Morgan fingerprint density at radius 1 is 1.31 bits per heavy atom. The van der Waals surface area contributed by atoms with Gasteiger partial charge < -0.3 is 15.0 Å². The smallest absolute Gasteiger partial charge is 0.0604 e. The van der Waals surface area contributed by atoms with Crippen LogP contribution in [-0.4, -0.2) is 49.8 Å². The largest absolute Gasteiger partial charge is 0.378 e. The zero-order valence-electron chi connectivity index (χ0n) is 10.7. The standard InChI is InChI=1S/C13H26N2O/c1-3-16-13-8-12(9-13)15(2)10-11-6-4-5-7-14-11/h11-14H,3-10H2,1-2H3. The predicted octanol–water partition coefficient (Wildman–Crippen LogP) is 1.63. The summed E-state index contributed by atoms with van der Waals surface area (Å²) < 4.78 is 5.61. The van der Waals surface area contributed by atoms with Gasteiger partial charge >= 0.3 is 0 Å². The molecule has 2 fully saturated rings. The zero-order chi connectivity index (χ0) is 11.4. The lowest BCUT2D eigenvalue weighted by molar-refractivity contribution is -0.0421. The third-order valence-corrected chi connectivity index (χ3v) is 4.02. The van der Waals surface area contributed by atoms with Gasteiger partial charge in [0, 0.05) is 25.2 Å². The highest BCUT2D eigenvalue weighted by atomic mass is 16.5. The highest BCUT2D eigenvalue weighted by Gasteiger charge is 2.33. The molecule has 1 saturated heterocycles. The molecule has 1 saturated carbocycles.